The van der Waals surface area contributed by atoms with Gasteiger partial charge < -0.3 is 29.0 Å². The molecule has 0 radical (unpaired) electrons. The molecule has 0 fully saturated rings. The van der Waals surface area contributed by atoms with Crippen LogP contribution in [-0.4, -0.2) is 45.4 Å². The summed E-state index contributed by atoms with van der Waals surface area (Å²) in [7, 11) is 3.01. The summed E-state index contributed by atoms with van der Waals surface area (Å²) in [6, 6.07) is 10.4. The van der Waals surface area contributed by atoms with Crippen molar-refractivity contribution in [3.05, 3.63) is 48.0 Å². The second-order valence-electron chi connectivity index (χ2n) is 7.31. The average molecular weight is 472 g/mol. The number of esters is 1. The lowest BCUT2D eigenvalue weighted by atomic mass is 10.2. The second-order valence-corrected chi connectivity index (χ2v) is 7.31. The number of amides is 1. The van der Waals surface area contributed by atoms with Gasteiger partial charge >= 0.3 is 5.97 Å². The first kappa shape index (κ1) is 26.6. The van der Waals surface area contributed by atoms with Gasteiger partial charge in [-0.15, -0.1) is 0 Å². The van der Waals surface area contributed by atoms with Gasteiger partial charge in [0.2, 0.25) is 0 Å². The van der Waals surface area contributed by atoms with Crippen LogP contribution < -0.4 is 24.3 Å². The van der Waals surface area contributed by atoms with Crippen LogP contribution in [0.4, 0.5) is 5.69 Å². The van der Waals surface area contributed by atoms with Crippen LogP contribution in [0.25, 0.3) is 6.08 Å². The molecule has 184 valence electrons. The fourth-order valence-corrected chi connectivity index (χ4v) is 2.92. The van der Waals surface area contributed by atoms with Gasteiger partial charge in [-0.2, -0.15) is 0 Å². The number of carbonyl (C=O) groups is 2. The predicted octanol–water partition coefficient (Wildman–Crippen LogP) is 4.87. The largest absolute Gasteiger partial charge is 0.497 e. The molecule has 8 heteroatoms. The van der Waals surface area contributed by atoms with Crippen LogP contribution in [0.1, 0.15) is 39.2 Å². The number of nitrogens with one attached hydrogen (secondary N) is 1. The Bertz CT molecular complexity index is 987. The van der Waals surface area contributed by atoms with Crippen molar-refractivity contribution in [2.45, 2.75) is 39.7 Å². The zero-order chi connectivity index (χ0) is 24.9. The maximum atomic E-state index is 12.5. The summed E-state index contributed by atoms with van der Waals surface area (Å²) in [5.74, 6) is 1.13. The van der Waals surface area contributed by atoms with Crippen LogP contribution in [0.2, 0.25) is 0 Å². The van der Waals surface area contributed by atoms with Crippen molar-refractivity contribution in [1.82, 2.24) is 0 Å². The first-order valence-electron chi connectivity index (χ1n) is 11.2. The number of rotatable bonds is 13. The first-order valence-corrected chi connectivity index (χ1v) is 11.2. The highest BCUT2D eigenvalue weighted by molar-refractivity contribution is 5.97. The second kappa shape index (κ2) is 13.8. The van der Waals surface area contributed by atoms with E-state index in [0.717, 1.165) is 18.4 Å². The van der Waals surface area contributed by atoms with E-state index in [9.17, 15) is 9.59 Å². The molecule has 0 aliphatic carbocycles. The molecule has 0 aliphatic rings. The van der Waals surface area contributed by atoms with Gasteiger partial charge in [-0.3, -0.25) is 4.79 Å². The van der Waals surface area contributed by atoms with Crippen LogP contribution in [0.5, 0.6) is 23.0 Å². The van der Waals surface area contributed by atoms with Crippen molar-refractivity contribution in [1.29, 1.82) is 0 Å². The zero-order valence-corrected chi connectivity index (χ0v) is 20.4. The molecule has 34 heavy (non-hydrogen) atoms. The molecule has 0 saturated heterocycles. The third-order valence-corrected chi connectivity index (χ3v) is 4.76. The molecule has 8 nitrogen and oxygen atoms in total. The van der Waals surface area contributed by atoms with Crippen LogP contribution in [0, 0.1) is 0 Å². The topological polar surface area (TPSA) is 92.3 Å². The van der Waals surface area contributed by atoms with Gasteiger partial charge in [0.05, 0.1) is 33.1 Å². The van der Waals surface area contributed by atoms with Crippen molar-refractivity contribution >= 4 is 23.6 Å². The van der Waals surface area contributed by atoms with Gasteiger partial charge in [0.15, 0.2) is 17.6 Å². The van der Waals surface area contributed by atoms with Crippen LogP contribution >= 0.6 is 0 Å². The Kier molecular flexibility index (Phi) is 10.8. The predicted molar refractivity (Wildman–Crippen MR) is 131 cm³/mol. The van der Waals surface area contributed by atoms with Crippen molar-refractivity contribution in [3.8, 4) is 23.0 Å². The molecule has 2 aromatic carbocycles. The van der Waals surface area contributed by atoms with Crippen molar-refractivity contribution in [3.63, 3.8) is 0 Å². The fourth-order valence-electron chi connectivity index (χ4n) is 2.92. The highest BCUT2D eigenvalue weighted by Crippen LogP contribution is 2.30. The van der Waals surface area contributed by atoms with Gasteiger partial charge in [-0.1, -0.05) is 19.4 Å². The molecule has 1 atom stereocenters. The third-order valence-electron chi connectivity index (χ3n) is 4.76. The summed E-state index contributed by atoms with van der Waals surface area (Å²) >= 11 is 0. The number of benzene rings is 2. The Hall–Kier alpha value is -3.68. The lowest BCUT2D eigenvalue weighted by molar-refractivity contribution is -0.148. The Morgan fingerprint density at radius 2 is 1.74 bits per heavy atom. The average Bonchev–Trinajstić information content (AvgIpc) is 2.84. The summed E-state index contributed by atoms with van der Waals surface area (Å²) in [5.41, 5.74) is 1.15. The van der Waals surface area contributed by atoms with Crippen LogP contribution in [0.15, 0.2) is 42.5 Å². The summed E-state index contributed by atoms with van der Waals surface area (Å²) in [6.07, 6.45) is 3.82. The molecule has 0 spiro atoms. The van der Waals surface area contributed by atoms with Gasteiger partial charge in [-0.05, 0) is 56.2 Å². The van der Waals surface area contributed by atoms with E-state index in [1.54, 1.807) is 30.3 Å². The standard InChI is InChI=1S/C26H33NO7/c1-6-8-15-33-23-12-9-19(16-24(23)32-7-2)10-14-25(28)34-18(3)26(29)27-21-17-20(30-4)11-13-22(21)31-5/h9-14,16-18H,6-8,15H2,1-5H3,(H,27,29)/b14-10+. The maximum absolute atomic E-state index is 12.5. The molecule has 0 heterocycles. The van der Waals surface area contributed by atoms with E-state index in [1.807, 2.05) is 19.1 Å². The van der Waals surface area contributed by atoms with Crippen LogP contribution in [0.3, 0.4) is 0 Å². The monoisotopic (exact) mass is 471 g/mol. The van der Waals surface area contributed by atoms with Crippen molar-refractivity contribution in [2.75, 3.05) is 32.8 Å². The third kappa shape index (κ3) is 8.03. The summed E-state index contributed by atoms with van der Waals surface area (Å²) in [5, 5.41) is 2.69. The van der Waals surface area contributed by atoms with Gasteiger partial charge in [0.25, 0.3) is 5.91 Å². The molecular formula is C26H33NO7. The quantitative estimate of drug-likeness (QED) is 0.253. The molecule has 0 saturated carbocycles. The number of ether oxygens (including phenoxy) is 5. The van der Waals surface area contributed by atoms with E-state index in [4.69, 9.17) is 23.7 Å². The van der Waals surface area contributed by atoms with E-state index < -0.39 is 18.0 Å². The number of hydrogen-bond donors (Lipinski definition) is 1. The zero-order valence-electron chi connectivity index (χ0n) is 20.4. The minimum atomic E-state index is -1.03. The number of unbranched alkanes of at least 4 members (excludes halogenated alkanes) is 1. The minimum Gasteiger partial charge on any atom is -0.497 e. The van der Waals surface area contributed by atoms with E-state index >= 15 is 0 Å². The molecular weight excluding hydrogens is 438 g/mol. The summed E-state index contributed by atoms with van der Waals surface area (Å²) in [4.78, 5) is 24.8. The Labute approximate surface area is 200 Å². The summed E-state index contributed by atoms with van der Waals surface area (Å²) < 4.78 is 27.1. The van der Waals surface area contributed by atoms with E-state index in [1.165, 1.54) is 27.2 Å². The molecule has 0 aliphatic heterocycles. The Morgan fingerprint density at radius 1 is 0.971 bits per heavy atom. The molecule has 1 unspecified atom stereocenters. The molecule has 2 rings (SSSR count). The SMILES string of the molecule is CCCCOc1ccc(/C=C/C(=O)OC(C)C(=O)Nc2cc(OC)ccc2OC)cc1OCC. The highest BCUT2D eigenvalue weighted by atomic mass is 16.5. The normalized spacial score (nSPS) is 11.6. The lowest BCUT2D eigenvalue weighted by Crippen LogP contribution is -2.29. The van der Waals surface area contributed by atoms with Crippen molar-refractivity contribution in [2.24, 2.45) is 0 Å². The lowest BCUT2D eigenvalue weighted by Gasteiger charge is -2.15. The van der Waals surface area contributed by atoms with Gasteiger partial charge in [0.1, 0.15) is 11.5 Å². The van der Waals surface area contributed by atoms with E-state index in [0.29, 0.717) is 41.9 Å². The molecule has 0 aromatic heterocycles. The number of methoxy groups -OCH3 is 2. The van der Waals surface area contributed by atoms with E-state index in [2.05, 4.69) is 12.2 Å². The highest BCUT2D eigenvalue weighted by Gasteiger charge is 2.19. The van der Waals surface area contributed by atoms with Crippen molar-refractivity contribution < 1.29 is 33.3 Å². The van der Waals surface area contributed by atoms with Gasteiger partial charge in [0, 0.05) is 12.1 Å². The molecule has 1 N–H and O–H groups in total. The number of hydrogen-bond acceptors (Lipinski definition) is 7. The number of carbonyl (C=O) groups excluding carboxylic acids is 2. The smallest absolute Gasteiger partial charge is 0.331 e. The van der Waals surface area contributed by atoms with E-state index in [-0.39, 0.29) is 0 Å². The fraction of sp³-hybridized carbons (Fsp3) is 0.385. The Morgan fingerprint density at radius 3 is 2.41 bits per heavy atom. The summed E-state index contributed by atoms with van der Waals surface area (Å²) in [6.45, 7) is 6.58. The number of anilines is 1. The molecule has 2 aromatic rings. The minimum absolute atomic E-state index is 0.412. The maximum Gasteiger partial charge on any atom is 0.331 e. The molecule has 0 bridgehead atoms. The van der Waals surface area contributed by atoms with Gasteiger partial charge in [-0.25, -0.2) is 4.79 Å². The molecule has 1 amide bonds. The van der Waals surface area contributed by atoms with Crippen LogP contribution in [-0.2, 0) is 14.3 Å². The Balaban J connectivity index is 1.99. The first-order chi connectivity index (χ1) is 16.4.